The Balaban J connectivity index is 4.67. The third kappa shape index (κ3) is 4.99. The lowest BCUT2D eigenvalue weighted by atomic mass is 9.97. The summed E-state index contributed by atoms with van der Waals surface area (Å²) in [5.41, 5.74) is 2.25. The Morgan fingerprint density at radius 3 is 2.10 bits per heavy atom. The van der Waals surface area contributed by atoms with Gasteiger partial charge >= 0.3 is 12.1 Å². The molecule has 3 atom stereocenters. The van der Waals surface area contributed by atoms with Crippen LogP contribution in [0.4, 0.5) is 13.2 Å². The van der Waals surface area contributed by atoms with Gasteiger partial charge in [-0.25, -0.2) is 4.79 Å². The largest absolute Gasteiger partial charge is 0.479 e. The zero-order valence-corrected chi connectivity index (χ0v) is 11.8. The van der Waals surface area contributed by atoms with E-state index in [0.29, 0.717) is 26.2 Å². The second-order valence-electron chi connectivity index (χ2n) is 5.23. The maximum Gasteiger partial charge on any atom is 0.422 e. The van der Waals surface area contributed by atoms with E-state index >= 15 is 0 Å². The third-order valence-electron chi connectivity index (χ3n) is 3.11. The van der Waals surface area contributed by atoms with Crippen LogP contribution in [0.15, 0.2) is 0 Å². The second kappa shape index (κ2) is 6.92. The molecule has 0 aromatic heterocycles. The molecule has 0 aliphatic rings. The molecule has 0 fully saturated rings. The van der Waals surface area contributed by atoms with E-state index in [0.717, 1.165) is 0 Å². The molecular weight excluding hydrogens is 277 g/mol. The van der Waals surface area contributed by atoms with Crippen molar-refractivity contribution in [3.05, 3.63) is 0 Å². The molecule has 8 heteroatoms. The lowest BCUT2D eigenvalue weighted by Crippen LogP contribution is -2.62. The molecule has 3 unspecified atom stereocenters. The van der Waals surface area contributed by atoms with Crippen LogP contribution in [0.25, 0.3) is 0 Å². The molecule has 0 spiro atoms. The van der Waals surface area contributed by atoms with E-state index in [1.807, 2.05) is 0 Å². The Morgan fingerprint density at radius 2 is 1.75 bits per heavy atom. The molecule has 0 aromatic carbocycles. The van der Waals surface area contributed by atoms with Gasteiger partial charge in [-0.3, -0.25) is 4.79 Å². The van der Waals surface area contributed by atoms with Crippen molar-refractivity contribution in [2.75, 3.05) is 0 Å². The summed E-state index contributed by atoms with van der Waals surface area (Å²) in [6.45, 7) is 3.67. The highest BCUT2D eigenvalue weighted by atomic mass is 19.4. The summed E-state index contributed by atoms with van der Waals surface area (Å²) in [6.07, 6.45) is -3.49. The van der Waals surface area contributed by atoms with Gasteiger partial charge in [0.25, 0.3) is 0 Å². The number of alkyl halides is 3. The molecule has 0 aliphatic carbocycles. The molecule has 0 bridgehead atoms. The molecule has 0 radical (unpaired) electrons. The summed E-state index contributed by atoms with van der Waals surface area (Å²) in [5.74, 6) is -3.78. The van der Waals surface area contributed by atoms with Gasteiger partial charge in [-0.2, -0.15) is 13.2 Å². The van der Waals surface area contributed by atoms with E-state index in [1.54, 1.807) is 12.2 Å². The lowest BCUT2D eigenvalue weighted by Gasteiger charge is -2.29. The molecule has 0 heterocycles. The van der Waals surface area contributed by atoms with Gasteiger partial charge in [0.15, 0.2) is 0 Å². The Hall–Kier alpha value is -1.31. The number of hydrogen-bond donors (Lipinski definition) is 3. The van der Waals surface area contributed by atoms with Gasteiger partial charge in [0.2, 0.25) is 11.4 Å². The van der Waals surface area contributed by atoms with Gasteiger partial charge in [-0.15, -0.1) is 0 Å². The maximum atomic E-state index is 12.7. The summed E-state index contributed by atoms with van der Waals surface area (Å²) in [7, 11) is 0. The Labute approximate surface area is 115 Å². The molecule has 118 valence electrons. The number of carboxylic acid groups (broad SMARTS) is 1. The van der Waals surface area contributed by atoms with Crippen LogP contribution in [0.2, 0.25) is 0 Å². The fraction of sp³-hybridized carbons (Fsp3) is 0.833. The number of carbonyl (C=O) groups excluding carboxylic acids is 1. The van der Waals surface area contributed by atoms with Crippen molar-refractivity contribution >= 4 is 11.9 Å². The Kier molecular flexibility index (Phi) is 6.46. The van der Waals surface area contributed by atoms with Crippen molar-refractivity contribution in [1.82, 2.24) is 5.32 Å². The number of aliphatic carboxylic acids is 1. The van der Waals surface area contributed by atoms with Crippen molar-refractivity contribution < 1.29 is 27.9 Å². The maximum absolute atomic E-state index is 12.7. The number of nitrogens with one attached hydrogen (secondary N) is 1. The van der Waals surface area contributed by atoms with Crippen LogP contribution in [0, 0.1) is 5.92 Å². The van der Waals surface area contributed by atoms with Crippen LogP contribution < -0.4 is 11.1 Å². The monoisotopic (exact) mass is 298 g/mol. The number of nitrogens with two attached hydrogens (primary N) is 1. The third-order valence-corrected chi connectivity index (χ3v) is 3.11. The first-order valence-corrected chi connectivity index (χ1v) is 6.29. The standard InChI is InChI=1S/C12H21F3N2O3/c1-7(5-4-6-8(2)16)9(18)17-11(3,10(19)20)12(13,14)15/h7-8H,4-6,16H2,1-3H3,(H,17,18)(H,19,20). The van der Waals surface area contributed by atoms with E-state index in [2.05, 4.69) is 0 Å². The minimum Gasteiger partial charge on any atom is -0.479 e. The highest BCUT2D eigenvalue weighted by molar-refractivity contribution is 5.88. The van der Waals surface area contributed by atoms with Gasteiger partial charge in [-0.1, -0.05) is 13.3 Å². The molecule has 0 rings (SSSR count). The van der Waals surface area contributed by atoms with E-state index < -0.39 is 29.5 Å². The van der Waals surface area contributed by atoms with Crippen molar-refractivity contribution in [2.45, 2.75) is 57.8 Å². The lowest BCUT2D eigenvalue weighted by molar-refractivity contribution is -0.207. The first kappa shape index (κ1) is 18.7. The zero-order valence-electron chi connectivity index (χ0n) is 11.8. The van der Waals surface area contributed by atoms with Gasteiger partial charge in [0, 0.05) is 12.0 Å². The second-order valence-corrected chi connectivity index (χ2v) is 5.23. The first-order chi connectivity index (χ1) is 8.91. The molecule has 0 saturated carbocycles. The highest BCUT2D eigenvalue weighted by Crippen LogP contribution is 2.30. The van der Waals surface area contributed by atoms with Crippen molar-refractivity contribution in [1.29, 1.82) is 0 Å². The van der Waals surface area contributed by atoms with Crippen molar-refractivity contribution in [2.24, 2.45) is 11.7 Å². The number of halogens is 3. The van der Waals surface area contributed by atoms with E-state index in [1.165, 1.54) is 6.92 Å². The van der Waals surface area contributed by atoms with E-state index in [-0.39, 0.29) is 6.04 Å². The smallest absolute Gasteiger partial charge is 0.422 e. The fourth-order valence-electron chi connectivity index (χ4n) is 1.49. The van der Waals surface area contributed by atoms with Gasteiger partial charge < -0.3 is 16.2 Å². The first-order valence-electron chi connectivity index (χ1n) is 6.29. The summed E-state index contributed by atoms with van der Waals surface area (Å²) < 4.78 is 38.2. The average molecular weight is 298 g/mol. The number of carboxylic acids is 1. The molecule has 0 aromatic rings. The van der Waals surface area contributed by atoms with E-state index in [9.17, 15) is 22.8 Å². The number of hydrogen-bond acceptors (Lipinski definition) is 3. The summed E-state index contributed by atoms with van der Waals surface area (Å²) in [4.78, 5) is 22.5. The SMILES string of the molecule is CC(N)CCCC(C)C(=O)NC(C)(C(=O)O)C(F)(F)F. The highest BCUT2D eigenvalue weighted by Gasteiger charge is 2.58. The topological polar surface area (TPSA) is 92.4 Å². The average Bonchev–Trinajstić information content (AvgIpc) is 2.26. The van der Waals surface area contributed by atoms with Crippen LogP contribution in [-0.4, -0.2) is 34.7 Å². The minimum atomic E-state index is -5.07. The summed E-state index contributed by atoms with van der Waals surface area (Å²) in [5, 5.41) is 10.3. The summed E-state index contributed by atoms with van der Waals surface area (Å²) >= 11 is 0. The summed E-state index contributed by atoms with van der Waals surface area (Å²) in [6, 6.07) is -0.0512. The molecular formula is C12H21F3N2O3. The molecule has 4 N–H and O–H groups in total. The van der Waals surface area contributed by atoms with Gasteiger partial charge in [0.1, 0.15) is 0 Å². The number of rotatable bonds is 7. The van der Waals surface area contributed by atoms with Crippen molar-refractivity contribution in [3.63, 3.8) is 0 Å². The normalized spacial score (nSPS) is 17.9. The minimum absolute atomic E-state index is 0.0512. The Bertz CT molecular complexity index is 358. The molecule has 0 aliphatic heterocycles. The van der Waals surface area contributed by atoms with E-state index in [4.69, 9.17) is 10.8 Å². The van der Waals surface area contributed by atoms with Crippen molar-refractivity contribution in [3.8, 4) is 0 Å². The fourth-order valence-corrected chi connectivity index (χ4v) is 1.49. The Morgan fingerprint density at radius 1 is 1.25 bits per heavy atom. The van der Waals surface area contributed by atoms with Crippen LogP contribution in [0.1, 0.15) is 40.0 Å². The van der Waals surface area contributed by atoms with Crippen LogP contribution in [0.3, 0.4) is 0 Å². The molecule has 5 nitrogen and oxygen atoms in total. The molecule has 1 amide bonds. The predicted molar refractivity (Wildman–Crippen MR) is 66.9 cm³/mol. The number of carbonyl (C=O) groups is 2. The zero-order chi connectivity index (χ0) is 16.1. The molecule has 20 heavy (non-hydrogen) atoms. The quantitative estimate of drug-likeness (QED) is 0.666. The van der Waals surface area contributed by atoms with Gasteiger partial charge in [-0.05, 0) is 26.7 Å². The predicted octanol–water partition coefficient (Wildman–Crippen LogP) is 1.66. The van der Waals surface area contributed by atoms with Gasteiger partial charge in [0.05, 0.1) is 0 Å². The van der Waals surface area contributed by atoms with Crippen LogP contribution >= 0.6 is 0 Å². The van der Waals surface area contributed by atoms with Crippen LogP contribution in [0.5, 0.6) is 0 Å². The molecule has 0 saturated heterocycles. The number of amides is 1. The van der Waals surface area contributed by atoms with Crippen LogP contribution in [-0.2, 0) is 9.59 Å².